The normalized spacial score (nSPS) is 29.6. The lowest BCUT2D eigenvalue weighted by Crippen LogP contribution is -2.54. The standard InChI is InChI=1S/C24H32FN3O2/c1-27(2)24(19-6-8-20(25)9-7-19)14-12-23(13-15-24)17-28(22(29)26-23)16-18-4-10-21(30-3)11-5-18/h4-11,22,26,29H,12-17H2,1-3H3/t22?,23-,24+. The van der Waals surface area contributed by atoms with Crippen LogP contribution >= 0.6 is 0 Å². The van der Waals surface area contributed by atoms with Crippen LogP contribution in [0.15, 0.2) is 48.5 Å². The summed E-state index contributed by atoms with van der Waals surface area (Å²) < 4.78 is 18.7. The molecule has 1 saturated heterocycles. The van der Waals surface area contributed by atoms with Gasteiger partial charge in [0.25, 0.3) is 0 Å². The lowest BCUT2D eigenvalue weighted by Gasteiger charge is -2.49. The van der Waals surface area contributed by atoms with Crippen molar-refractivity contribution in [1.82, 2.24) is 15.1 Å². The second-order valence-electron chi connectivity index (χ2n) is 8.98. The van der Waals surface area contributed by atoms with E-state index in [1.165, 1.54) is 0 Å². The van der Waals surface area contributed by atoms with Crippen molar-refractivity contribution in [3.8, 4) is 5.75 Å². The van der Waals surface area contributed by atoms with Crippen LogP contribution in [0.3, 0.4) is 0 Å². The molecule has 1 unspecified atom stereocenters. The monoisotopic (exact) mass is 413 g/mol. The molecule has 2 fully saturated rings. The Morgan fingerprint density at radius 1 is 1.07 bits per heavy atom. The molecule has 1 heterocycles. The largest absolute Gasteiger partial charge is 0.497 e. The molecule has 1 aliphatic carbocycles. The van der Waals surface area contributed by atoms with Crippen LogP contribution in [-0.4, -0.2) is 54.5 Å². The van der Waals surface area contributed by atoms with Gasteiger partial charge in [-0.25, -0.2) is 4.39 Å². The summed E-state index contributed by atoms with van der Waals surface area (Å²) in [6.45, 7) is 1.50. The van der Waals surface area contributed by atoms with E-state index in [2.05, 4.69) is 29.2 Å². The van der Waals surface area contributed by atoms with Crippen LogP contribution in [0.25, 0.3) is 0 Å². The lowest BCUT2D eigenvalue weighted by atomic mass is 9.69. The third-order valence-corrected chi connectivity index (χ3v) is 7.10. The fourth-order valence-corrected chi connectivity index (χ4v) is 5.19. The van der Waals surface area contributed by atoms with Crippen molar-refractivity contribution in [3.63, 3.8) is 0 Å². The molecule has 30 heavy (non-hydrogen) atoms. The van der Waals surface area contributed by atoms with Crippen LogP contribution in [0.1, 0.15) is 36.8 Å². The summed E-state index contributed by atoms with van der Waals surface area (Å²) in [7, 11) is 5.87. The fourth-order valence-electron chi connectivity index (χ4n) is 5.19. The number of aliphatic hydroxyl groups excluding tert-OH is 1. The smallest absolute Gasteiger partial charge is 0.163 e. The van der Waals surface area contributed by atoms with Crippen LogP contribution in [0, 0.1) is 5.82 Å². The van der Waals surface area contributed by atoms with Gasteiger partial charge in [-0.3, -0.25) is 15.1 Å². The molecule has 2 N–H and O–H groups in total. The Balaban J connectivity index is 1.46. The number of nitrogens with one attached hydrogen (secondary N) is 1. The third-order valence-electron chi connectivity index (χ3n) is 7.10. The second kappa shape index (κ2) is 8.27. The van der Waals surface area contributed by atoms with Gasteiger partial charge in [0.05, 0.1) is 7.11 Å². The summed E-state index contributed by atoms with van der Waals surface area (Å²) in [6.07, 6.45) is 3.19. The molecule has 2 aromatic rings. The molecule has 2 aliphatic rings. The number of hydrogen-bond acceptors (Lipinski definition) is 5. The summed E-state index contributed by atoms with van der Waals surface area (Å²) >= 11 is 0. The first kappa shape index (κ1) is 21.2. The van der Waals surface area contributed by atoms with Gasteiger partial charge in [0, 0.05) is 24.2 Å². The summed E-state index contributed by atoms with van der Waals surface area (Å²) in [5, 5.41) is 14.2. The maximum Gasteiger partial charge on any atom is 0.163 e. The van der Waals surface area contributed by atoms with Crippen LogP contribution in [0.4, 0.5) is 4.39 Å². The Morgan fingerprint density at radius 3 is 2.27 bits per heavy atom. The molecule has 0 bridgehead atoms. The van der Waals surface area contributed by atoms with Gasteiger partial charge in [-0.05, 0) is 75.2 Å². The molecule has 0 radical (unpaired) electrons. The molecule has 0 amide bonds. The van der Waals surface area contributed by atoms with Gasteiger partial charge in [-0.15, -0.1) is 0 Å². The van der Waals surface area contributed by atoms with E-state index in [0.29, 0.717) is 6.54 Å². The van der Waals surface area contributed by atoms with Gasteiger partial charge in [0.2, 0.25) is 0 Å². The molecule has 4 rings (SSSR count). The van der Waals surface area contributed by atoms with E-state index in [4.69, 9.17) is 4.74 Å². The number of aliphatic hydroxyl groups is 1. The number of rotatable bonds is 5. The zero-order chi connectivity index (χ0) is 21.4. The molecule has 1 saturated carbocycles. The highest BCUT2D eigenvalue weighted by Gasteiger charge is 2.49. The van der Waals surface area contributed by atoms with Crippen LogP contribution in [-0.2, 0) is 12.1 Å². The average Bonchev–Trinajstić information content (AvgIpc) is 3.04. The topological polar surface area (TPSA) is 48.0 Å². The van der Waals surface area contributed by atoms with E-state index in [1.807, 2.05) is 36.4 Å². The van der Waals surface area contributed by atoms with Crippen molar-refractivity contribution in [1.29, 1.82) is 0 Å². The van der Waals surface area contributed by atoms with Crippen LogP contribution in [0.5, 0.6) is 5.75 Å². The van der Waals surface area contributed by atoms with E-state index in [0.717, 1.165) is 49.1 Å². The van der Waals surface area contributed by atoms with Gasteiger partial charge in [-0.1, -0.05) is 24.3 Å². The molecule has 1 atom stereocenters. The lowest BCUT2D eigenvalue weighted by molar-refractivity contribution is 0.0126. The van der Waals surface area contributed by atoms with Crippen molar-refractivity contribution >= 4 is 0 Å². The number of halogens is 1. The van der Waals surface area contributed by atoms with Gasteiger partial charge in [0.15, 0.2) is 6.35 Å². The quantitative estimate of drug-likeness (QED) is 0.788. The van der Waals surface area contributed by atoms with Gasteiger partial charge in [-0.2, -0.15) is 0 Å². The van der Waals surface area contributed by atoms with E-state index in [-0.39, 0.29) is 16.9 Å². The maximum atomic E-state index is 13.5. The summed E-state index contributed by atoms with van der Waals surface area (Å²) in [5.41, 5.74) is 2.12. The van der Waals surface area contributed by atoms with Gasteiger partial charge in [0.1, 0.15) is 11.6 Å². The van der Waals surface area contributed by atoms with Crippen molar-refractivity contribution in [2.24, 2.45) is 0 Å². The summed E-state index contributed by atoms with van der Waals surface area (Å²) in [5.74, 6) is 0.637. The zero-order valence-electron chi connectivity index (χ0n) is 18.1. The van der Waals surface area contributed by atoms with Crippen molar-refractivity contribution in [3.05, 3.63) is 65.5 Å². The Kier molecular flexibility index (Phi) is 5.86. The van der Waals surface area contributed by atoms with Gasteiger partial charge < -0.3 is 9.84 Å². The molecular formula is C24H32FN3O2. The minimum absolute atomic E-state index is 0.0918. The Bertz CT molecular complexity index is 846. The number of ether oxygens (including phenoxy) is 1. The maximum absolute atomic E-state index is 13.5. The fraction of sp³-hybridized carbons (Fsp3) is 0.500. The molecule has 0 aromatic heterocycles. The molecule has 5 nitrogen and oxygen atoms in total. The van der Waals surface area contributed by atoms with E-state index in [9.17, 15) is 9.50 Å². The Labute approximate surface area is 178 Å². The first-order chi connectivity index (χ1) is 14.4. The molecule has 1 spiro atoms. The third kappa shape index (κ3) is 3.97. The van der Waals surface area contributed by atoms with Crippen LogP contribution in [0.2, 0.25) is 0 Å². The highest BCUT2D eigenvalue weighted by Crippen LogP contribution is 2.46. The predicted octanol–water partition coefficient (Wildman–Crippen LogP) is 3.29. The number of methoxy groups -OCH3 is 1. The van der Waals surface area contributed by atoms with E-state index in [1.54, 1.807) is 19.2 Å². The highest BCUT2D eigenvalue weighted by atomic mass is 19.1. The first-order valence-corrected chi connectivity index (χ1v) is 10.6. The van der Waals surface area contributed by atoms with E-state index < -0.39 is 6.35 Å². The van der Waals surface area contributed by atoms with Gasteiger partial charge >= 0.3 is 0 Å². The molecule has 1 aliphatic heterocycles. The van der Waals surface area contributed by atoms with Crippen molar-refractivity contribution in [2.45, 2.75) is 49.7 Å². The SMILES string of the molecule is COc1ccc(CN2C[C@]3(CC[C@](c4ccc(F)cc4)(N(C)C)CC3)NC2O)cc1. The number of benzene rings is 2. The molecule has 162 valence electrons. The minimum atomic E-state index is -0.648. The highest BCUT2D eigenvalue weighted by molar-refractivity contribution is 5.28. The summed E-state index contributed by atoms with van der Waals surface area (Å²) in [4.78, 5) is 4.37. The van der Waals surface area contributed by atoms with E-state index >= 15 is 0 Å². The predicted molar refractivity (Wildman–Crippen MR) is 116 cm³/mol. The van der Waals surface area contributed by atoms with Crippen molar-refractivity contribution in [2.75, 3.05) is 27.7 Å². The van der Waals surface area contributed by atoms with Crippen molar-refractivity contribution < 1.29 is 14.2 Å². The van der Waals surface area contributed by atoms with Crippen LogP contribution < -0.4 is 10.1 Å². The molecule has 6 heteroatoms. The first-order valence-electron chi connectivity index (χ1n) is 10.6. The second-order valence-corrected chi connectivity index (χ2v) is 8.98. The Morgan fingerprint density at radius 2 is 1.70 bits per heavy atom. The average molecular weight is 414 g/mol. The molecule has 2 aromatic carbocycles. The summed E-state index contributed by atoms with van der Waals surface area (Å²) in [6, 6.07) is 14.9. The minimum Gasteiger partial charge on any atom is -0.497 e. The Hall–Kier alpha value is -1.99. The number of hydrogen-bond donors (Lipinski definition) is 2. The molecular weight excluding hydrogens is 381 g/mol. The zero-order valence-corrected chi connectivity index (χ0v) is 18.1. The number of nitrogens with zero attached hydrogens (tertiary/aromatic N) is 2.